The Bertz CT molecular complexity index is 488. The number of hydrogen-bond donors (Lipinski definition) is 1. The van der Waals surface area contributed by atoms with E-state index < -0.39 is 0 Å². The van der Waals surface area contributed by atoms with E-state index in [4.69, 9.17) is 0 Å². The average Bonchev–Trinajstić information content (AvgIpc) is 2.49. The molecule has 1 aromatic rings. The lowest BCUT2D eigenvalue weighted by Gasteiger charge is -2.22. The lowest BCUT2D eigenvalue weighted by molar-refractivity contribution is -0.124. The van der Waals surface area contributed by atoms with Crippen molar-refractivity contribution in [1.82, 2.24) is 5.32 Å². The number of benzene rings is 1. The molecule has 19 heavy (non-hydrogen) atoms. The number of amides is 2. The maximum Gasteiger partial charge on any atom is 0.240 e. The van der Waals surface area contributed by atoms with Crippen molar-refractivity contribution in [3.8, 4) is 0 Å². The van der Waals surface area contributed by atoms with Crippen LogP contribution < -0.4 is 10.2 Å². The highest BCUT2D eigenvalue weighted by Crippen LogP contribution is 2.33. The van der Waals surface area contributed by atoms with E-state index >= 15 is 0 Å². The molecule has 0 saturated carbocycles. The highest BCUT2D eigenvalue weighted by molar-refractivity contribution is 7.99. The summed E-state index contributed by atoms with van der Waals surface area (Å²) in [5.74, 6) is 0.652. The van der Waals surface area contributed by atoms with Gasteiger partial charge in [-0.3, -0.25) is 9.59 Å². The molecule has 0 radical (unpaired) electrons. The van der Waals surface area contributed by atoms with Gasteiger partial charge < -0.3 is 10.2 Å². The van der Waals surface area contributed by atoms with E-state index in [0.29, 0.717) is 6.42 Å². The Balaban J connectivity index is 2.21. The highest BCUT2D eigenvalue weighted by atomic mass is 32.2. The van der Waals surface area contributed by atoms with Gasteiger partial charge in [0, 0.05) is 23.1 Å². The summed E-state index contributed by atoms with van der Waals surface area (Å²) in [6, 6.07) is 7.82. The van der Waals surface area contributed by atoms with Crippen molar-refractivity contribution in [2.75, 3.05) is 17.2 Å². The van der Waals surface area contributed by atoms with Crippen LogP contribution in [0.15, 0.2) is 29.2 Å². The van der Waals surface area contributed by atoms with Crippen LogP contribution in [0.2, 0.25) is 0 Å². The van der Waals surface area contributed by atoms with Crippen molar-refractivity contribution in [1.29, 1.82) is 0 Å². The van der Waals surface area contributed by atoms with E-state index in [-0.39, 0.29) is 24.4 Å². The maximum absolute atomic E-state index is 12.1. The number of hydrogen-bond acceptors (Lipinski definition) is 3. The Labute approximate surface area is 117 Å². The largest absolute Gasteiger partial charge is 0.352 e. The van der Waals surface area contributed by atoms with Crippen molar-refractivity contribution in [3.63, 3.8) is 0 Å². The monoisotopic (exact) mass is 278 g/mol. The summed E-state index contributed by atoms with van der Waals surface area (Å²) in [5, 5.41) is 2.82. The molecule has 2 amide bonds. The molecule has 0 fully saturated rings. The summed E-state index contributed by atoms with van der Waals surface area (Å²) >= 11 is 1.66. The molecule has 1 aromatic carbocycles. The molecular weight excluding hydrogens is 260 g/mol. The standard InChI is InChI=1S/C14H18N2O2S/c1-10(2)15-13(17)9-16-11-5-3-4-6-12(11)19-8-7-14(16)18/h3-6,10H,7-9H2,1-2H3,(H,15,17). The average molecular weight is 278 g/mol. The molecule has 2 rings (SSSR count). The third-order valence-corrected chi connectivity index (χ3v) is 3.85. The Morgan fingerprint density at radius 2 is 2.16 bits per heavy atom. The van der Waals surface area contributed by atoms with Gasteiger partial charge >= 0.3 is 0 Å². The third-order valence-electron chi connectivity index (χ3n) is 2.78. The number of thioether (sulfide) groups is 1. The summed E-state index contributed by atoms with van der Waals surface area (Å²) in [5.41, 5.74) is 0.842. The topological polar surface area (TPSA) is 49.4 Å². The number of rotatable bonds is 3. The molecule has 1 N–H and O–H groups in total. The second kappa shape index (κ2) is 6.10. The predicted octanol–water partition coefficient (Wildman–Crippen LogP) is 2.04. The van der Waals surface area contributed by atoms with Crippen molar-refractivity contribution in [2.24, 2.45) is 0 Å². The molecule has 1 aliphatic heterocycles. The highest BCUT2D eigenvalue weighted by Gasteiger charge is 2.24. The van der Waals surface area contributed by atoms with Crippen LogP contribution in [0, 0.1) is 0 Å². The predicted molar refractivity (Wildman–Crippen MR) is 77.4 cm³/mol. The molecule has 0 unspecified atom stereocenters. The molecule has 0 aromatic heterocycles. The fourth-order valence-electron chi connectivity index (χ4n) is 2.00. The molecule has 0 atom stereocenters. The summed E-state index contributed by atoms with van der Waals surface area (Å²) in [7, 11) is 0. The second-order valence-electron chi connectivity index (χ2n) is 4.77. The summed E-state index contributed by atoms with van der Waals surface area (Å²) in [6.07, 6.45) is 0.467. The molecule has 1 aliphatic rings. The number of nitrogens with one attached hydrogen (secondary N) is 1. The normalized spacial score (nSPS) is 15.1. The lowest BCUT2D eigenvalue weighted by Crippen LogP contribution is -2.42. The van der Waals surface area contributed by atoms with Crippen molar-refractivity contribution in [3.05, 3.63) is 24.3 Å². The Morgan fingerprint density at radius 1 is 1.42 bits per heavy atom. The minimum atomic E-state index is -0.120. The Morgan fingerprint density at radius 3 is 2.89 bits per heavy atom. The first-order valence-electron chi connectivity index (χ1n) is 6.39. The van der Waals surface area contributed by atoms with Crippen LogP contribution in [0.3, 0.4) is 0 Å². The smallest absolute Gasteiger partial charge is 0.240 e. The molecule has 0 aliphatic carbocycles. The number of fused-ring (bicyclic) bond motifs is 1. The van der Waals surface area contributed by atoms with Gasteiger partial charge in [0.1, 0.15) is 6.54 Å². The fraction of sp³-hybridized carbons (Fsp3) is 0.429. The first-order valence-corrected chi connectivity index (χ1v) is 7.38. The molecule has 0 bridgehead atoms. The zero-order valence-electron chi connectivity index (χ0n) is 11.2. The third kappa shape index (κ3) is 3.50. The van der Waals surface area contributed by atoms with E-state index in [1.165, 1.54) is 0 Å². The van der Waals surface area contributed by atoms with Crippen LogP contribution in [-0.2, 0) is 9.59 Å². The van der Waals surface area contributed by atoms with Gasteiger partial charge in [0.05, 0.1) is 5.69 Å². The molecule has 0 saturated heterocycles. The van der Waals surface area contributed by atoms with Gasteiger partial charge in [-0.2, -0.15) is 0 Å². The van der Waals surface area contributed by atoms with Gasteiger partial charge in [-0.25, -0.2) is 0 Å². The quantitative estimate of drug-likeness (QED) is 0.920. The molecule has 0 spiro atoms. The van der Waals surface area contributed by atoms with Gasteiger partial charge in [0.2, 0.25) is 11.8 Å². The molecular formula is C14H18N2O2S. The van der Waals surface area contributed by atoms with Gasteiger partial charge in [-0.15, -0.1) is 11.8 Å². The molecule has 1 heterocycles. The molecule has 102 valence electrons. The first-order chi connectivity index (χ1) is 9.08. The number of para-hydroxylation sites is 1. The zero-order chi connectivity index (χ0) is 13.8. The number of carbonyl (C=O) groups is 2. The maximum atomic E-state index is 12.1. The van der Waals surface area contributed by atoms with Crippen molar-refractivity contribution < 1.29 is 9.59 Å². The summed E-state index contributed by atoms with van der Waals surface area (Å²) < 4.78 is 0. The van der Waals surface area contributed by atoms with Gasteiger partial charge in [0.15, 0.2) is 0 Å². The van der Waals surface area contributed by atoms with E-state index in [2.05, 4.69) is 5.32 Å². The van der Waals surface area contributed by atoms with Crippen LogP contribution in [0.25, 0.3) is 0 Å². The minimum Gasteiger partial charge on any atom is -0.352 e. The molecule has 4 nitrogen and oxygen atoms in total. The van der Waals surface area contributed by atoms with E-state index in [1.807, 2.05) is 38.1 Å². The Kier molecular flexibility index (Phi) is 4.47. The minimum absolute atomic E-state index is 0.0105. The SMILES string of the molecule is CC(C)NC(=O)CN1C(=O)CCSc2ccccc21. The number of nitrogens with zero attached hydrogens (tertiary/aromatic N) is 1. The van der Waals surface area contributed by atoms with Crippen molar-refractivity contribution >= 4 is 29.3 Å². The van der Waals surface area contributed by atoms with Crippen LogP contribution in [0.1, 0.15) is 20.3 Å². The van der Waals surface area contributed by atoms with Crippen LogP contribution in [0.5, 0.6) is 0 Å². The van der Waals surface area contributed by atoms with Crippen molar-refractivity contribution in [2.45, 2.75) is 31.2 Å². The molecule has 5 heteroatoms. The fourth-order valence-corrected chi connectivity index (χ4v) is 3.00. The lowest BCUT2D eigenvalue weighted by atomic mass is 10.2. The van der Waals surface area contributed by atoms with Crippen LogP contribution in [-0.4, -0.2) is 30.2 Å². The zero-order valence-corrected chi connectivity index (χ0v) is 12.0. The summed E-state index contributed by atoms with van der Waals surface area (Å²) in [4.78, 5) is 26.7. The van der Waals surface area contributed by atoms with Crippen LogP contribution >= 0.6 is 11.8 Å². The first kappa shape index (κ1) is 13.9. The van der Waals surface area contributed by atoms with Gasteiger partial charge in [-0.05, 0) is 26.0 Å². The Hall–Kier alpha value is -1.49. The van der Waals surface area contributed by atoms with E-state index in [0.717, 1.165) is 16.3 Å². The number of anilines is 1. The van der Waals surface area contributed by atoms with Crippen LogP contribution in [0.4, 0.5) is 5.69 Å². The van der Waals surface area contributed by atoms with E-state index in [9.17, 15) is 9.59 Å². The van der Waals surface area contributed by atoms with E-state index in [1.54, 1.807) is 16.7 Å². The van der Waals surface area contributed by atoms with Gasteiger partial charge in [0.25, 0.3) is 0 Å². The van der Waals surface area contributed by atoms with Gasteiger partial charge in [-0.1, -0.05) is 12.1 Å². The second-order valence-corrected chi connectivity index (χ2v) is 5.91. The number of carbonyl (C=O) groups excluding carboxylic acids is 2. The summed E-state index contributed by atoms with van der Waals surface area (Å²) in [6.45, 7) is 3.91.